The number of esters is 1. The van der Waals surface area contributed by atoms with Crippen molar-refractivity contribution in [3.8, 4) is 11.5 Å². The van der Waals surface area contributed by atoms with Crippen molar-refractivity contribution in [2.24, 2.45) is 0 Å². The number of hydrogen-bond acceptors (Lipinski definition) is 7. The van der Waals surface area contributed by atoms with Crippen LogP contribution in [0.2, 0.25) is 0 Å². The second-order valence-corrected chi connectivity index (χ2v) is 6.74. The molecule has 1 unspecified atom stereocenters. The van der Waals surface area contributed by atoms with Crippen LogP contribution in [0.5, 0.6) is 11.5 Å². The molecule has 0 saturated carbocycles. The molecule has 0 radical (unpaired) electrons. The number of hydrogen-bond donors (Lipinski definition) is 1. The number of carbonyl (C=O) groups is 2. The quantitative estimate of drug-likeness (QED) is 0.842. The van der Waals surface area contributed by atoms with Crippen LogP contribution >= 0.6 is 11.3 Å². The van der Waals surface area contributed by atoms with Gasteiger partial charge in [0.15, 0.2) is 16.6 Å². The third kappa shape index (κ3) is 3.90. The van der Waals surface area contributed by atoms with Crippen molar-refractivity contribution >= 4 is 28.3 Å². The lowest BCUT2D eigenvalue weighted by molar-refractivity contribution is -0.125. The van der Waals surface area contributed by atoms with Crippen LogP contribution in [0.4, 0.5) is 5.13 Å². The average molecular weight is 362 g/mol. The average Bonchev–Trinajstić information content (AvgIpc) is 2.94. The van der Waals surface area contributed by atoms with E-state index in [9.17, 15) is 9.59 Å². The second-order valence-electron chi connectivity index (χ2n) is 5.74. The van der Waals surface area contributed by atoms with E-state index in [0.29, 0.717) is 27.2 Å². The summed E-state index contributed by atoms with van der Waals surface area (Å²) in [5.41, 5.74) is 0.511. The fourth-order valence-electron chi connectivity index (χ4n) is 2.24. The highest BCUT2D eigenvalue weighted by Crippen LogP contribution is 2.31. The molecule has 2 aromatic rings. The first kappa shape index (κ1) is 17.2. The molecule has 0 saturated heterocycles. The maximum absolute atomic E-state index is 12.4. The predicted molar refractivity (Wildman–Crippen MR) is 92.4 cm³/mol. The zero-order valence-corrected chi connectivity index (χ0v) is 14.9. The molecule has 1 aliphatic heterocycles. The predicted octanol–water partition coefficient (Wildman–Crippen LogP) is 2.80. The van der Waals surface area contributed by atoms with Gasteiger partial charge in [-0.15, -0.1) is 0 Å². The number of anilines is 1. The first-order chi connectivity index (χ1) is 11.9. The molecular formula is C17H18N2O5S. The number of aryl methyl sites for hydroxylation is 1. The first-order valence-corrected chi connectivity index (χ1v) is 8.63. The Labute approximate surface area is 148 Å². The maximum Gasteiger partial charge on any atom is 0.350 e. The van der Waals surface area contributed by atoms with Crippen LogP contribution in [-0.2, 0) is 9.53 Å². The topological polar surface area (TPSA) is 86.8 Å². The highest BCUT2D eigenvalue weighted by atomic mass is 32.1. The van der Waals surface area contributed by atoms with Gasteiger partial charge in [-0.1, -0.05) is 23.5 Å². The molecule has 1 aliphatic rings. The maximum atomic E-state index is 12.4. The number of benzene rings is 1. The molecule has 1 amide bonds. The normalized spacial score (nSPS) is 15.8. The Hall–Kier alpha value is -2.61. The Morgan fingerprint density at radius 1 is 1.32 bits per heavy atom. The molecule has 8 heteroatoms. The van der Waals surface area contributed by atoms with E-state index >= 15 is 0 Å². The van der Waals surface area contributed by atoms with E-state index in [1.54, 1.807) is 39.0 Å². The minimum absolute atomic E-state index is 0.107. The second kappa shape index (κ2) is 7.10. The summed E-state index contributed by atoms with van der Waals surface area (Å²) in [6, 6.07) is 7.15. The van der Waals surface area contributed by atoms with Gasteiger partial charge in [-0.2, -0.15) is 0 Å². The number of amides is 1. The van der Waals surface area contributed by atoms with Gasteiger partial charge in [0, 0.05) is 0 Å². The lowest BCUT2D eigenvalue weighted by Gasteiger charge is -2.25. The van der Waals surface area contributed by atoms with E-state index in [1.165, 1.54) is 0 Å². The molecule has 0 aliphatic carbocycles. The van der Waals surface area contributed by atoms with E-state index in [2.05, 4.69) is 10.3 Å². The van der Waals surface area contributed by atoms with E-state index in [-0.39, 0.29) is 18.6 Å². The number of para-hydroxylation sites is 2. The lowest BCUT2D eigenvalue weighted by atomic mass is 10.2. The summed E-state index contributed by atoms with van der Waals surface area (Å²) in [6.07, 6.45) is -1.01. The summed E-state index contributed by atoms with van der Waals surface area (Å²) in [6.45, 7) is 5.35. The van der Waals surface area contributed by atoms with E-state index in [0.717, 1.165) is 11.3 Å². The first-order valence-electron chi connectivity index (χ1n) is 7.82. The molecule has 1 aromatic heterocycles. The Kier molecular flexibility index (Phi) is 4.89. The van der Waals surface area contributed by atoms with Crippen molar-refractivity contribution < 1.29 is 23.8 Å². The number of nitrogens with zero attached hydrogens (tertiary/aromatic N) is 1. The summed E-state index contributed by atoms with van der Waals surface area (Å²) in [5.74, 6) is 0.296. The smallest absolute Gasteiger partial charge is 0.350 e. The van der Waals surface area contributed by atoms with E-state index in [4.69, 9.17) is 14.2 Å². The molecule has 132 valence electrons. The Bertz CT molecular complexity index is 802. The SMILES string of the molecule is Cc1nc(NC(=O)C2COc3ccccc3O2)sc1C(=O)OC(C)C. The van der Waals surface area contributed by atoms with Crippen LogP contribution < -0.4 is 14.8 Å². The van der Waals surface area contributed by atoms with Crippen LogP contribution in [0.15, 0.2) is 24.3 Å². The number of nitrogens with one attached hydrogen (secondary N) is 1. The molecule has 0 fully saturated rings. The van der Waals surface area contributed by atoms with Gasteiger partial charge in [0.05, 0.1) is 11.8 Å². The van der Waals surface area contributed by atoms with Gasteiger partial charge >= 0.3 is 5.97 Å². The highest BCUT2D eigenvalue weighted by Gasteiger charge is 2.28. The molecule has 0 bridgehead atoms. The van der Waals surface area contributed by atoms with Gasteiger partial charge in [-0.25, -0.2) is 9.78 Å². The monoisotopic (exact) mass is 362 g/mol. The number of ether oxygens (including phenoxy) is 3. The molecular weight excluding hydrogens is 344 g/mol. The van der Waals surface area contributed by atoms with E-state index in [1.807, 2.05) is 6.07 Å². The van der Waals surface area contributed by atoms with Crippen molar-refractivity contribution in [3.63, 3.8) is 0 Å². The van der Waals surface area contributed by atoms with Crippen LogP contribution in [0.3, 0.4) is 0 Å². The number of rotatable bonds is 4. The van der Waals surface area contributed by atoms with Crippen molar-refractivity contribution in [1.82, 2.24) is 4.98 Å². The van der Waals surface area contributed by atoms with Crippen LogP contribution in [0.1, 0.15) is 29.2 Å². The molecule has 2 heterocycles. The number of thiazole rings is 1. The van der Waals surface area contributed by atoms with Crippen molar-refractivity contribution in [2.45, 2.75) is 33.0 Å². The summed E-state index contributed by atoms with van der Waals surface area (Å²) < 4.78 is 16.3. The molecule has 1 N–H and O–H groups in total. The summed E-state index contributed by atoms with van der Waals surface area (Å²) >= 11 is 1.07. The van der Waals surface area contributed by atoms with Gasteiger partial charge in [-0.05, 0) is 32.9 Å². The summed E-state index contributed by atoms with van der Waals surface area (Å²) in [5, 5.41) is 2.99. The molecule has 1 aromatic carbocycles. The Morgan fingerprint density at radius 2 is 2.04 bits per heavy atom. The minimum atomic E-state index is -0.787. The van der Waals surface area contributed by atoms with Gasteiger partial charge in [-0.3, -0.25) is 10.1 Å². The Balaban J connectivity index is 1.67. The number of carbonyl (C=O) groups excluding carboxylic acids is 2. The largest absolute Gasteiger partial charge is 0.485 e. The van der Waals surface area contributed by atoms with E-state index < -0.39 is 12.1 Å². The van der Waals surface area contributed by atoms with Crippen LogP contribution in [0, 0.1) is 6.92 Å². The highest BCUT2D eigenvalue weighted by molar-refractivity contribution is 7.17. The van der Waals surface area contributed by atoms with Gasteiger partial charge in [0.2, 0.25) is 6.10 Å². The zero-order valence-electron chi connectivity index (χ0n) is 14.1. The molecule has 25 heavy (non-hydrogen) atoms. The summed E-state index contributed by atoms with van der Waals surface area (Å²) in [4.78, 5) is 29.0. The Morgan fingerprint density at radius 3 is 2.76 bits per heavy atom. The molecule has 1 atom stereocenters. The molecule has 0 spiro atoms. The van der Waals surface area contributed by atoms with Crippen LogP contribution in [0.25, 0.3) is 0 Å². The number of fused-ring (bicyclic) bond motifs is 1. The van der Waals surface area contributed by atoms with Gasteiger partial charge in [0.25, 0.3) is 5.91 Å². The lowest BCUT2D eigenvalue weighted by Crippen LogP contribution is -2.40. The minimum Gasteiger partial charge on any atom is -0.485 e. The fraction of sp³-hybridized carbons (Fsp3) is 0.353. The molecule has 7 nitrogen and oxygen atoms in total. The summed E-state index contributed by atoms with van der Waals surface area (Å²) in [7, 11) is 0. The van der Waals surface area contributed by atoms with Crippen molar-refractivity contribution in [2.75, 3.05) is 11.9 Å². The van der Waals surface area contributed by atoms with Crippen molar-refractivity contribution in [3.05, 3.63) is 34.8 Å². The standard InChI is InChI=1S/C17H18N2O5S/c1-9(2)23-16(21)14-10(3)18-17(25-14)19-15(20)13-8-22-11-6-4-5-7-12(11)24-13/h4-7,9,13H,8H2,1-3H3,(H,18,19,20). The third-order valence-electron chi connectivity index (χ3n) is 3.36. The molecule has 3 rings (SSSR count). The van der Waals surface area contributed by atoms with Crippen molar-refractivity contribution in [1.29, 1.82) is 0 Å². The van der Waals surface area contributed by atoms with Crippen LogP contribution in [-0.4, -0.2) is 35.7 Å². The number of aromatic nitrogens is 1. The fourth-order valence-corrected chi connectivity index (χ4v) is 3.09. The van der Waals surface area contributed by atoms with Gasteiger partial charge < -0.3 is 14.2 Å². The zero-order chi connectivity index (χ0) is 18.0. The third-order valence-corrected chi connectivity index (χ3v) is 4.41. The van der Waals surface area contributed by atoms with Gasteiger partial charge in [0.1, 0.15) is 11.5 Å².